The number of hydrogen-bond acceptors (Lipinski definition) is 4. The Morgan fingerprint density at radius 3 is 2.75 bits per heavy atom. The number of nitrogens with two attached hydrogens (primary N) is 1. The topological polar surface area (TPSA) is 53.0 Å². The first-order valence-corrected chi connectivity index (χ1v) is 6.32. The maximum absolute atomic E-state index is 8.72. The van der Waals surface area contributed by atoms with Crippen LogP contribution in [-0.4, -0.2) is 24.5 Å². The highest BCUT2D eigenvalue weighted by atomic mass is 32.1. The Morgan fingerprint density at radius 1 is 1.62 bits per heavy atom. The molecule has 0 aromatic carbocycles. The largest absolute Gasteiger partial charge is 0.329 e. The molecule has 0 amide bonds. The first-order valence-electron chi connectivity index (χ1n) is 5.44. The fourth-order valence-corrected chi connectivity index (χ4v) is 2.86. The van der Waals surface area contributed by atoms with E-state index in [0.717, 1.165) is 0 Å². The number of likely N-dealkylation sites (N-methyl/N-ethyl adjacent to an activating group) is 1. The fourth-order valence-electron chi connectivity index (χ4n) is 1.77. The molecule has 2 unspecified atom stereocenters. The van der Waals surface area contributed by atoms with Gasteiger partial charge in [0.05, 0.1) is 18.5 Å². The van der Waals surface area contributed by atoms with E-state index in [1.807, 2.05) is 7.05 Å². The molecule has 1 aromatic rings. The summed E-state index contributed by atoms with van der Waals surface area (Å²) in [6, 6.07) is 4.79. The van der Waals surface area contributed by atoms with Gasteiger partial charge in [0.2, 0.25) is 0 Å². The van der Waals surface area contributed by atoms with Crippen molar-refractivity contribution in [3.63, 3.8) is 0 Å². The zero-order valence-corrected chi connectivity index (χ0v) is 10.9. The lowest BCUT2D eigenvalue weighted by Gasteiger charge is -2.31. The van der Waals surface area contributed by atoms with Gasteiger partial charge >= 0.3 is 0 Å². The van der Waals surface area contributed by atoms with Gasteiger partial charge in [0.15, 0.2) is 0 Å². The maximum Gasteiger partial charge on any atom is 0.0638 e. The second-order valence-corrected chi connectivity index (χ2v) is 5.04. The minimum atomic E-state index is 0.225. The van der Waals surface area contributed by atoms with Gasteiger partial charge in [-0.25, -0.2) is 0 Å². The molecular weight excluding hydrogens is 218 g/mol. The van der Waals surface area contributed by atoms with Crippen LogP contribution in [0.5, 0.6) is 0 Å². The third-order valence-electron chi connectivity index (χ3n) is 3.00. The first kappa shape index (κ1) is 13.2. The van der Waals surface area contributed by atoms with Gasteiger partial charge in [0.25, 0.3) is 0 Å². The van der Waals surface area contributed by atoms with Crippen molar-refractivity contribution in [2.45, 2.75) is 32.4 Å². The lowest BCUT2D eigenvalue weighted by molar-refractivity contribution is 0.193. The van der Waals surface area contributed by atoms with Gasteiger partial charge in [0, 0.05) is 17.5 Å². The van der Waals surface area contributed by atoms with Crippen molar-refractivity contribution >= 4 is 11.3 Å². The lowest BCUT2D eigenvalue weighted by Crippen LogP contribution is -2.36. The summed E-state index contributed by atoms with van der Waals surface area (Å²) in [5.41, 5.74) is 7.14. The summed E-state index contributed by atoms with van der Waals surface area (Å²) in [6.07, 6.45) is 0.539. The lowest BCUT2D eigenvalue weighted by atomic mass is 10.1. The van der Waals surface area contributed by atoms with Gasteiger partial charge in [-0.1, -0.05) is 0 Å². The predicted octanol–water partition coefficient (Wildman–Crippen LogP) is 2.29. The Balaban J connectivity index is 2.83. The maximum atomic E-state index is 8.72. The molecule has 16 heavy (non-hydrogen) atoms. The molecule has 0 aliphatic heterocycles. The molecule has 88 valence electrons. The van der Waals surface area contributed by atoms with E-state index in [1.54, 1.807) is 11.3 Å². The van der Waals surface area contributed by atoms with Crippen molar-refractivity contribution in [1.29, 1.82) is 5.26 Å². The molecule has 0 spiro atoms. The monoisotopic (exact) mass is 237 g/mol. The van der Waals surface area contributed by atoms with Gasteiger partial charge in [-0.15, -0.1) is 11.3 Å². The average molecular weight is 237 g/mol. The second-order valence-electron chi connectivity index (χ2n) is 4.10. The van der Waals surface area contributed by atoms with Crippen LogP contribution in [0.15, 0.2) is 11.4 Å². The fraction of sp³-hybridized carbons (Fsp3) is 0.583. The molecule has 0 aliphatic rings. The van der Waals surface area contributed by atoms with E-state index in [-0.39, 0.29) is 12.1 Å². The SMILES string of the molecule is Cc1ccsc1C(CN)N(C)C(C)CC#N. The zero-order valence-electron chi connectivity index (χ0n) is 10.1. The molecule has 1 rings (SSSR count). The van der Waals surface area contributed by atoms with Crippen molar-refractivity contribution < 1.29 is 0 Å². The van der Waals surface area contributed by atoms with E-state index in [2.05, 4.69) is 36.3 Å². The first-order chi connectivity index (χ1) is 7.61. The van der Waals surface area contributed by atoms with E-state index >= 15 is 0 Å². The van der Waals surface area contributed by atoms with Crippen LogP contribution in [0, 0.1) is 18.3 Å². The zero-order chi connectivity index (χ0) is 12.1. The van der Waals surface area contributed by atoms with E-state index in [4.69, 9.17) is 11.0 Å². The number of nitriles is 1. The Hall–Kier alpha value is -0.890. The van der Waals surface area contributed by atoms with Crippen molar-refractivity contribution in [3.8, 4) is 6.07 Å². The molecule has 1 heterocycles. The Labute approximate surface area is 101 Å². The molecule has 0 bridgehead atoms. The van der Waals surface area contributed by atoms with Crippen molar-refractivity contribution in [2.75, 3.05) is 13.6 Å². The minimum Gasteiger partial charge on any atom is -0.329 e. The molecule has 0 saturated heterocycles. The normalized spacial score (nSPS) is 14.8. The quantitative estimate of drug-likeness (QED) is 0.855. The van der Waals surface area contributed by atoms with E-state index in [1.165, 1.54) is 10.4 Å². The van der Waals surface area contributed by atoms with Crippen molar-refractivity contribution in [1.82, 2.24) is 4.90 Å². The standard InChI is InChI=1S/C12H19N3S/c1-9-5-7-16-12(9)11(8-14)15(3)10(2)4-6-13/h5,7,10-11H,4,8,14H2,1-3H3. The molecule has 1 aromatic heterocycles. The summed E-state index contributed by atoms with van der Waals surface area (Å²) in [5.74, 6) is 0. The molecule has 0 aliphatic carbocycles. The summed E-state index contributed by atoms with van der Waals surface area (Å²) in [5, 5.41) is 10.8. The Morgan fingerprint density at radius 2 is 2.31 bits per heavy atom. The van der Waals surface area contributed by atoms with Gasteiger partial charge in [0.1, 0.15) is 0 Å². The average Bonchev–Trinajstić information content (AvgIpc) is 2.66. The number of rotatable bonds is 5. The van der Waals surface area contributed by atoms with Crippen LogP contribution in [0.4, 0.5) is 0 Å². The molecular formula is C12H19N3S. The van der Waals surface area contributed by atoms with Crippen LogP contribution in [0.3, 0.4) is 0 Å². The summed E-state index contributed by atoms with van der Waals surface area (Å²) >= 11 is 1.74. The molecule has 4 heteroatoms. The highest BCUT2D eigenvalue weighted by molar-refractivity contribution is 7.10. The number of aryl methyl sites for hydroxylation is 1. The van der Waals surface area contributed by atoms with Crippen LogP contribution in [0.2, 0.25) is 0 Å². The van der Waals surface area contributed by atoms with Crippen LogP contribution in [-0.2, 0) is 0 Å². The van der Waals surface area contributed by atoms with E-state index < -0.39 is 0 Å². The second kappa shape index (κ2) is 6.00. The molecule has 0 saturated carbocycles. The summed E-state index contributed by atoms with van der Waals surface area (Å²) in [6.45, 7) is 4.76. The van der Waals surface area contributed by atoms with Gasteiger partial charge in [-0.2, -0.15) is 5.26 Å². The highest BCUT2D eigenvalue weighted by Crippen LogP contribution is 2.28. The van der Waals surface area contributed by atoms with Gasteiger partial charge < -0.3 is 5.73 Å². The molecule has 2 atom stereocenters. The van der Waals surface area contributed by atoms with E-state index in [0.29, 0.717) is 13.0 Å². The van der Waals surface area contributed by atoms with Crippen LogP contribution in [0.1, 0.15) is 29.8 Å². The predicted molar refractivity (Wildman–Crippen MR) is 68.3 cm³/mol. The summed E-state index contributed by atoms with van der Waals surface area (Å²) < 4.78 is 0. The van der Waals surface area contributed by atoms with Crippen molar-refractivity contribution in [2.24, 2.45) is 5.73 Å². The van der Waals surface area contributed by atoms with Crippen LogP contribution in [0.25, 0.3) is 0 Å². The third kappa shape index (κ3) is 2.82. The van der Waals surface area contributed by atoms with E-state index in [9.17, 15) is 0 Å². The molecule has 2 N–H and O–H groups in total. The number of hydrogen-bond donors (Lipinski definition) is 1. The Kier molecular flexibility index (Phi) is 4.94. The van der Waals surface area contributed by atoms with Gasteiger partial charge in [-0.05, 0) is 37.9 Å². The number of nitrogens with zero attached hydrogens (tertiary/aromatic N) is 2. The minimum absolute atomic E-state index is 0.225. The molecule has 0 radical (unpaired) electrons. The molecule has 3 nitrogen and oxygen atoms in total. The highest BCUT2D eigenvalue weighted by Gasteiger charge is 2.22. The number of thiophene rings is 1. The van der Waals surface area contributed by atoms with Gasteiger partial charge in [-0.3, -0.25) is 4.90 Å². The van der Waals surface area contributed by atoms with Crippen LogP contribution < -0.4 is 5.73 Å². The summed E-state index contributed by atoms with van der Waals surface area (Å²) in [4.78, 5) is 3.51. The molecule has 0 fully saturated rings. The Bertz CT molecular complexity index is 367. The van der Waals surface area contributed by atoms with Crippen molar-refractivity contribution in [3.05, 3.63) is 21.9 Å². The third-order valence-corrected chi connectivity index (χ3v) is 4.12. The van der Waals surface area contributed by atoms with Crippen LogP contribution >= 0.6 is 11.3 Å². The smallest absolute Gasteiger partial charge is 0.0638 e. The summed E-state index contributed by atoms with van der Waals surface area (Å²) in [7, 11) is 2.04.